The molecule has 0 aliphatic carbocycles. The second-order valence-electron chi connectivity index (χ2n) is 2.21. The first-order valence-corrected chi connectivity index (χ1v) is 4.96. The first-order valence-electron chi connectivity index (χ1n) is 3.14. The molecule has 0 aliphatic heterocycles. The van der Waals surface area contributed by atoms with E-state index in [1.54, 1.807) is 0 Å². The highest BCUT2D eigenvalue weighted by molar-refractivity contribution is 7.91. The molecule has 6 heteroatoms. The van der Waals surface area contributed by atoms with Crippen molar-refractivity contribution in [2.24, 2.45) is 11.5 Å². The molecule has 0 heterocycles. The Balaban J connectivity index is 4.16. The van der Waals surface area contributed by atoms with Gasteiger partial charge in [-0.05, 0) is 0 Å². The maximum atomic E-state index is 10.8. The van der Waals surface area contributed by atoms with E-state index in [1.165, 1.54) is 6.92 Å². The van der Waals surface area contributed by atoms with Crippen LogP contribution in [0, 0.1) is 0 Å². The normalized spacial score (nSPS) is 14.4. The first kappa shape index (κ1) is 10.4. The van der Waals surface area contributed by atoms with E-state index in [1.807, 2.05) is 0 Å². The summed E-state index contributed by atoms with van der Waals surface area (Å²) in [7, 11) is -3.19. The van der Waals surface area contributed by atoms with Gasteiger partial charge in [-0.1, -0.05) is 6.92 Å². The van der Waals surface area contributed by atoms with Crippen LogP contribution in [0.3, 0.4) is 0 Å². The third-order valence-corrected chi connectivity index (χ3v) is 2.99. The number of carbonyl (C=O) groups excluding carboxylic acids is 1. The maximum Gasteiger partial charge on any atom is 0.235 e. The summed E-state index contributed by atoms with van der Waals surface area (Å²) in [4.78, 5) is 10.3. The van der Waals surface area contributed by atoms with Crippen LogP contribution in [-0.4, -0.2) is 31.9 Å². The molecular formula is C5H12N2O3S. The molecule has 0 rings (SSSR count). The van der Waals surface area contributed by atoms with Crippen molar-refractivity contribution < 1.29 is 13.2 Å². The van der Waals surface area contributed by atoms with Crippen molar-refractivity contribution in [1.29, 1.82) is 0 Å². The lowest BCUT2D eigenvalue weighted by molar-refractivity contribution is -0.118. The zero-order valence-electron chi connectivity index (χ0n) is 6.28. The smallest absolute Gasteiger partial charge is 0.235 e. The van der Waals surface area contributed by atoms with Gasteiger partial charge in [0.2, 0.25) is 5.91 Å². The molecule has 0 aromatic rings. The predicted molar refractivity (Wildman–Crippen MR) is 41.5 cm³/mol. The van der Waals surface area contributed by atoms with Crippen LogP contribution in [0.1, 0.15) is 6.92 Å². The Kier molecular flexibility index (Phi) is 3.47. The monoisotopic (exact) mass is 180 g/mol. The standard InChI is InChI=1S/C5H12N2O3S/c1-2-11(9,10)3-4(6)5(7)8/h4H,2-3,6H2,1H3,(H2,7,8). The molecule has 5 nitrogen and oxygen atoms in total. The summed E-state index contributed by atoms with van der Waals surface area (Å²) >= 11 is 0. The second-order valence-corrected chi connectivity index (χ2v) is 4.61. The van der Waals surface area contributed by atoms with Crippen LogP contribution in [0.15, 0.2) is 0 Å². The van der Waals surface area contributed by atoms with Crippen LogP contribution < -0.4 is 11.5 Å². The van der Waals surface area contributed by atoms with E-state index >= 15 is 0 Å². The molecule has 0 saturated heterocycles. The largest absolute Gasteiger partial charge is 0.368 e. The number of carbonyl (C=O) groups is 1. The van der Waals surface area contributed by atoms with E-state index in [2.05, 4.69) is 0 Å². The number of rotatable bonds is 4. The van der Waals surface area contributed by atoms with Gasteiger partial charge in [-0.25, -0.2) is 8.42 Å². The molecule has 0 aliphatic rings. The first-order chi connectivity index (χ1) is 4.89. The maximum absolute atomic E-state index is 10.8. The molecule has 1 unspecified atom stereocenters. The van der Waals surface area contributed by atoms with Gasteiger partial charge in [-0.3, -0.25) is 4.79 Å². The van der Waals surface area contributed by atoms with Crippen LogP contribution in [0.4, 0.5) is 0 Å². The number of nitrogens with two attached hydrogens (primary N) is 2. The van der Waals surface area contributed by atoms with Crippen LogP contribution in [0.25, 0.3) is 0 Å². The molecule has 1 amide bonds. The summed E-state index contributed by atoms with van der Waals surface area (Å²) in [6, 6.07) is -1.08. The zero-order valence-corrected chi connectivity index (χ0v) is 7.10. The van der Waals surface area contributed by atoms with Gasteiger partial charge < -0.3 is 11.5 Å². The third-order valence-electron chi connectivity index (χ3n) is 1.24. The highest BCUT2D eigenvalue weighted by Crippen LogP contribution is 1.91. The molecule has 0 aromatic heterocycles. The Morgan fingerprint density at radius 2 is 2.00 bits per heavy atom. The van der Waals surface area contributed by atoms with Crippen molar-refractivity contribution in [2.45, 2.75) is 13.0 Å². The Hall–Kier alpha value is -0.620. The fourth-order valence-corrected chi connectivity index (χ4v) is 1.42. The quantitative estimate of drug-likeness (QED) is 0.534. The van der Waals surface area contributed by atoms with Gasteiger partial charge in [0.15, 0.2) is 9.84 Å². The van der Waals surface area contributed by atoms with E-state index in [4.69, 9.17) is 11.5 Å². The Morgan fingerprint density at radius 3 is 2.27 bits per heavy atom. The predicted octanol–water partition coefficient (Wildman–Crippen LogP) is -1.77. The lowest BCUT2D eigenvalue weighted by Crippen LogP contribution is -2.42. The summed E-state index contributed by atoms with van der Waals surface area (Å²) in [6.07, 6.45) is 0. The molecular weight excluding hydrogens is 168 g/mol. The second kappa shape index (κ2) is 3.68. The lowest BCUT2D eigenvalue weighted by atomic mass is 10.3. The van der Waals surface area contributed by atoms with Crippen LogP contribution in [0.2, 0.25) is 0 Å². The van der Waals surface area contributed by atoms with Gasteiger partial charge in [0, 0.05) is 5.75 Å². The minimum Gasteiger partial charge on any atom is -0.368 e. The number of hydrogen-bond donors (Lipinski definition) is 2. The Labute approximate surface area is 65.7 Å². The van der Waals surface area contributed by atoms with Gasteiger partial charge in [-0.15, -0.1) is 0 Å². The molecule has 11 heavy (non-hydrogen) atoms. The fourth-order valence-electron chi connectivity index (χ4n) is 0.474. The van der Waals surface area contributed by atoms with Crippen LogP contribution >= 0.6 is 0 Å². The topological polar surface area (TPSA) is 103 Å². The minimum absolute atomic E-state index is 0.0199. The zero-order chi connectivity index (χ0) is 9.07. The van der Waals surface area contributed by atoms with Gasteiger partial charge in [0.05, 0.1) is 11.8 Å². The fraction of sp³-hybridized carbons (Fsp3) is 0.800. The molecule has 4 N–H and O–H groups in total. The molecule has 0 fully saturated rings. The lowest BCUT2D eigenvalue weighted by Gasteiger charge is -2.05. The van der Waals surface area contributed by atoms with E-state index in [-0.39, 0.29) is 11.5 Å². The summed E-state index contributed by atoms with van der Waals surface area (Å²) in [5.74, 6) is -1.17. The highest BCUT2D eigenvalue weighted by Gasteiger charge is 2.17. The van der Waals surface area contributed by atoms with Crippen molar-refractivity contribution in [3.05, 3.63) is 0 Å². The average molecular weight is 180 g/mol. The van der Waals surface area contributed by atoms with E-state index in [0.717, 1.165) is 0 Å². The Morgan fingerprint density at radius 1 is 1.55 bits per heavy atom. The number of hydrogen-bond acceptors (Lipinski definition) is 4. The number of primary amides is 1. The van der Waals surface area contributed by atoms with Gasteiger partial charge >= 0.3 is 0 Å². The van der Waals surface area contributed by atoms with Crippen molar-refractivity contribution >= 4 is 15.7 Å². The molecule has 0 saturated carbocycles. The van der Waals surface area contributed by atoms with E-state index < -0.39 is 21.8 Å². The molecule has 0 spiro atoms. The van der Waals surface area contributed by atoms with E-state index in [0.29, 0.717) is 0 Å². The SMILES string of the molecule is CCS(=O)(=O)CC(N)C(N)=O. The summed E-state index contributed by atoms with van der Waals surface area (Å²) in [5, 5.41) is 0. The molecule has 0 aromatic carbocycles. The van der Waals surface area contributed by atoms with Gasteiger partial charge in [0.25, 0.3) is 0 Å². The van der Waals surface area contributed by atoms with Crippen molar-refractivity contribution in [2.75, 3.05) is 11.5 Å². The molecule has 0 bridgehead atoms. The molecule has 66 valence electrons. The summed E-state index contributed by atoms with van der Waals surface area (Å²) in [5.41, 5.74) is 9.89. The summed E-state index contributed by atoms with van der Waals surface area (Å²) < 4.78 is 21.7. The van der Waals surface area contributed by atoms with Gasteiger partial charge in [0.1, 0.15) is 0 Å². The number of sulfone groups is 1. The Bertz CT molecular complexity index is 234. The number of amides is 1. The van der Waals surface area contributed by atoms with Crippen molar-refractivity contribution in [3.8, 4) is 0 Å². The average Bonchev–Trinajstić information content (AvgIpc) is 1.87. The van der Waals surface area contributed by atoms with Gasteiger partial charge in [-0.2, -0.15) is 0 Å². The van der Waals surface area contributed by atoms with E-state index in [9.17, 15) is 13.2 Å². The summed E-state index contributed by atoms with van der Waals surface area (Å²) in [6.45, 7) is 1.49. The highest BCUT2D eigenvalue weighted by atomic mass is 32.2. The minimum atomic E-state index is -3.19. The molecule has 1 atom stereocenters. The third kappa shape index (κ3) is 3.94. The van der Waals surface area contributed by atoms with Crippen LogP contribution in [0.5, 0.6) is 0 Å². The van der Waals surface area contributed by atoms with Crippen LogP contribution in [-0.2, 0) is 14.6 Å². The molecule has 0 radical (unpaired) electrons. The van der Waals surface area contributed by atoms with Crippen molar-refractivity contribution in [3.63, 3.8) is 0 Å². The van der Waals surface area contributed by atoms with Crippen molar-refractivity contribution in [1.82, 2.24) is 0 Å².